The molecule has 1 amide bonds. The zero-order valence-electron chi connectivity index (χ0n) is 19.3. The van der Waals surface area contributed by atoms with Crippen molar-refractivity contribution < 1.29 is 41.4 Å². The van der Waals surface area contributed by atoms with Crippen LogP contribution in [0.25, 0.3) is 11.0 Å². The monoisotopic (exact) mass is 545 g/mol. The van der Waals surface area contributed by atoms with E-state index in [4.69, 9.17) is 20.8 Å². The Bertz CT molecular complexity index is 1610. The Labute approximate surface area is 217 Å². The molecule has 194 valence electrons. The van der Waals surface area contributed by atoms with Crippen molar-refractivity contribution in [2.24, 2.45) is 0 Å². The van der Waals surface area contributed by atoms with Crippen molar-refractivity contribution in [2.75, 3.05) is 12.0 Å². The summed E-state index contributed by atoms with van der Waals surface area (Å²) in [6.45, 7) is 0. The SMILES string of the molecule is COc1cc(Cl)cc2cc(C(=O)C3=C(O)C(=O)N(c4ccc(C(F)(F)F)cc4)C3c3ccc(F)cc3)oc12. The van der Waals surface area contributed by atoms with Crippen molar-refractivity contribution in [3.05, 3.63) is 106 Å². The van der Waals surface area contributed by atoms with Crippen molar-refractivity contribution in [1.29, 1.82) is 0 Å². The number of benzene rings is 3. The number of rotatable bonds is 5. The molecule has 4 aromatic rings. The minimum atomic E-state index is -4.61. The minimum Gasteiger partial charge on any atom is -0.503 e. The maximum absolute atomic E-state index is 13.7. The van der Waals surface area contributed by atoms with Gasteiger partial charge in [-0.25, -0.2) is 4.39 Å². The Hall–Kier alpha value is -4.31. The number of aliphatic hydroxyl groups excluding tert-OH is 1. The van der Waals surface area contributed by atoms with Crippen LogP contribution in [0.1, 0.15) is 27.7 Å². The van der Waals surface area contributed by atoms with Crippen LogP contribution in [0.2, 0.25) is 5.02 Å². The number of furan rings is 1. The van der Waals surface area contributed by atoms with Crippen LogP contribution in [0, 0.1) is 5.82 Å². The molecule has 0 radical (unpaired) electrons. The number of Topliss-reactive ketones (excluding diaryl/α,β-unsaturated/α-hetero) is 1. The maximum atomic E-state index is 13.7. The van der Waals surface area contributed by atoms with E-state index in [9.17, 15) is 32.3 Å². The van der Waals surface area contributed by atoms with Gasteiger partial charge in [-0.15, -0.1) is 0 Å². The lowest BCUT2D eigenvalue weighted by Crippen LogP contribution is -2.31. The number of ether oxygens (including phenoxy) is 1. The number of nitrogens with zero attached hydrogens (tertiary/aromatic N) is 1. The number of fused-ring (bicyclic) bond motifs is 1. The fourth-order valence-corrected chi connectivity index (χ4v) is 4.57. The number of alkyl halides is 3. The van der Waals surface area contributed by atoms with Gasteiger partial charge in [-0.3, -0.25) is 14.5 Å². The normalized spacial score (nSPS) is 16.0. The Morgan fingerprint density at radius 3 is 2.32 bits per heavy atom. The average Bonchev–Trinajstić information content (AvgIpc) is 3.42. The van der Waals surface area contributed by atoms with Crippen LogP contribution in [-0.2, 0) is 11.0 Å². The van der Waals surface area contributed by atoms with Crippen molar-refractivity contribution in [2.45, 2.75) is 12.2 Å². The second-order valence-electron chi connectivity index (χ2n) is 8.40. The number of amides is 1. The van der Waals surface area contributed by atoms with E-state index < -0.39 is 46.6 Å². The molecule has 0 saturated carbocycles. The second-order valence-corrected chi connectivity index (χ2v) is 8.84. The molecular formula is C27H16ClF4NO5. The van der Waals surface area contributed by atoms with Gasteiger partial charge >= 0.3 is 6.18 Å². The lowest BCUT2D eigenvalue weighted by atomic mass is 9.94. The first-order valence-corrected chi connectivity index (χ1v) is 11.4. The van der Waals surface area contributed by atoms with E-state index in [1.54, 1.807) is 0 Å². The zero-order valence-corrected chi connectivity index (χ0v) is 20.1. The number of carbonyl (C=O) groups excluding carboxylic acids is 2. The van der Waals surface area contributed by atoms with Crippen LogP contribution in [0.5, 0.6) is 5.75 Å². The third kappa shape index (κ3) is 4.26. The number of carbonyl (C=O) groups is 2. The largest absolute Gasteiger partial charge is 0.503 e. The zero-order chi connectivity index (χ0) is 27.4. The second kappa shape index (κ2) is 9.21. The standard InChI is InChI=1S/C27H16ClF4NO5/c1-37-20-12-16(28)10-14-11-19(38-25(14)20)23(34)21-22(13-2-6-17(29)7-3-13)33(26(36)24(21)35)18-8-4-15(5-9-18)27(30,31)32/h2-12,22,35H,1H3. The van der Waals surface area contributed by atoms with E-state index >= 15 is 0 Å². The highest BCUT2D eigenvalue weighted by Gasteiger charge is 2.45. The van der Waals surface area contributed by atoms with Crippen LogP contribution in [0.15, 0.2) is 82.5 Å². The molecule has 1 aliphatic heterocycles. The molecule has 1 atom stereocenters. The van der Waals surface area contributed by atoms with E-state index in [2.05, 4.69) is 0 Å². The van der Waals surface area contributed by atoms with E-state index in [0.717, 1.165) is 41.3 Å². The summed E-state index contributed by atoms with van der Waals surface area (Å²) in [6, 6.07) is 11.5. The van der Waals surface area contributed by atoms with E-state index in [1.807, 2.05) is 0 Å². The molecule has 3 aromatic carbocycles. The van der Waals surface area contributed by atoms with Gasteiger partial charge in [0.05, 0.1) is 24.3 Å². The van der Waals surface area contributed by atoms with Gasteiger partial charge in [0.25, 0.3) is 5.91 Å². The van der Waals surface area contributed by atoms with Crippen LogP contribution >= 0.6 is 11.6 Å². The number of hydrogen-bond acceptors (Lipinski definition) is 5. The van der Waals surface area contributed by atoms with Gasteiger partial charge in [0, 0.05) is 22.2 Å². The Morgan fingerprint density at radius 1 is 1.05 bits per heavy atom. The maximum Gasteiger partial charge on any atom is 0.416 e. The predicted octanol–water partition coefficient (Wildman–Crippen LogP) is 7.04. The average molecular weight is 546 g/mol. The first kappa shape index (κ1) is 25.3. The Kier molecular flexibility index (Phi) is 6.15. The fraction of sp³-hybridized carbons (Fsp3) is 0.111. The van der Waals surface area contributed by atoms with Crippen LogP contribution in [0.3, 0.4) is 0 Å². The summed E-state index contributed by atoms with van der Waals surface area (Å²) in [5.41, 5.74) is -0.948. The Balaban J connectivity index is 1.64. The molecule has 6 nitrogen and oxygen atoms in total. The summed E-state index contributed by atoms with van der Waals surface area (Å²) >= 11 is 6.09. The van der Waals surface area contributed by atoms with E-state index in [0.29, 0.717) is 10.4 Å². The highest BCUT2D eigenvalue weighted by molar-refractivity contribution is 6.31. The van der Waals surface area contributed by atoms with Crippen molar-refractivity contribution in [3.63, 3.8) is 0 Å². The molecule has 1 aliphatic rings. The summed E-state index contributed by atoms with van der Waals surface area (Å²) in [7, 11) is 1.38. The number of aliphatic hydroxyl groups is 1. The summed E-state index contributed by atoms with van der Waals surface area (Å²) in [5.74, 6) is -3.42. The van der Waals surface area contributed by atoms with Crippen molar-refractivity contribution in [1.82, 2.24) is 0 Å². The number of anilines is 1. The number of hydrogen-bond donors (Lipinski definition) is 1. The molecule has 38 heavy (non-hydrogen) atoms. The summed E-state index contributed by atoms with van der Waals surface area (Å²) < 4.78 is 63.9. The lowest BCUT2D eigenvalue weighted by molar-refractivity contribution is -0.137. The van der Waals surface area contributed by atoms with Gasteiger partial charge in [0.1, 0.15) is 5.82 Å². The number of halogens is 5. The molecular weight excluding hydrogens is 530 g/mol. The molecule has 0 fully saturated rings. The van der Waals surface area contributed by atoms with Gasteiger partial charge < -0.3 is 14.3 Å². The number of ketones is 1. The van der Waals surface area contributed by atoms with Crippen LogP contribution in [-0.4, -0.2) is 23.9 Å². The van der Waals surface area contributed by atoms with Gasteiger partial charge in [-0.05, 0) is 54.1 Å². The molecule has 1 aromatic heterocycles. The van der Waals surface area contributed by atoms with Crippen LogP contribution in [0.4, 0.5) is 23.2 Å². The van der Waals surface area contributed by atoms with Gasteiger partial charge in [0.2, 0.25) is 5.78 Å². The first-order chi connectivity index (χ1) is 18.0. The third-order valence-electron chi connectivity index (χ3n) is 6.10. The molecule has 1 N–H and O–H groups in total. The lowest BCUT2D eigenvalue weighted by Gasteiger charge is -2.27. The smallest absolute Gasteiger partial charge is 0.416 e. The molecule has 0 bridgehead atoms. The number of methoxy groups -OCH3 is 1. The third-order valence-corrected chi connectivity index (χ3v) is 6.32. The van der Waals surface area contributed by atoms with Gasteiger partial charge in [-0.1, -0.05) is 23.7 Å². The summed E-state index contributed by atoms with van der Waals surface area (Å²) in [5, 5.41) is 11.6. The van der Waals surface area contributed by atoms with E-state index in [-0.39, 0.29) is 28.3 Å². The molecule has 0 saturated heterocycles. The van der Waals surface area contributed by atoms with Crippen LogP contribution < -0.4 is 9.64 Å². The highest BCUT2D eigenvalue weighted by Crippen LogP contribution is 2.43. The van der Waals surface area contributed by atoms with Crippen molar-refractivity contribution >= 4 is 39.9 Å². The van der Waals surface area contributed by atoms with Crippen molar-refractivity contribution in [3.8, 4) is 5.75 Å². The molecule has 0 aliphatic carbocycles. The first-order valence-electron chi connectivity index (χ1n) is 11.0. The molecule has 2 heterocycles. The molecule has 5 rings (SSSR count). The minimum absolute atomic E-state index is 0.0234. The van der Waals surface area contributed by atoms with Gasteiger partial charge in [0.15, 0.2) is 22.9 Å². The van der Waals surface area contributed by atoms with Gasteiger partial charge in [-0.2, -0.15) is 13.2 Å². The topological polar surface area (TPSA) is 80.0 Å². The highest BCUT2D eigenvalue weighted by atomic mass is 35.5. The molecule has 11 heteroatoms. The molecule has 0 spiro atoms. The molecule has 1 unspecified atom stereocenters. The summed E-state index contributed by atoms with van der Waals surface area (Å²) in [4.78, 5) is 27.9. The summed E-state index contributed by atoms with van der Waals surface area (Å²) in [6.07, 6.45) is -4.61. The fourth-order valence-electron chi connectivity index (χ4n) is 4.36. The predicted molar refractivity (Wildman–Crippen MR) is 130 cm³/mol. The Morgan fingerprint density at radius 2 is 1.71 bits per heavy atom. The quantitative estimate of drug-likeness (QED) is 0.215. The van der Waals surface area contributed by atoms with E-state index in [1.165, 1.54) is 37.4 Å².